The molecule has 0 unspecified atom stereocenters. The Bertz CT molecular complexity index is 1870. The van der Waals surface area contributed by atoms with Crippen LogP contribution in [0.3, 0.4) is 0 Å². The van der Waals surface area contributed by atoms with Gasteiger partial charge in [0.25, 0.3) is 0 Å². The quantitative estimate of drug-likeness (QED) is 0.152. The number of aromatic nitrogens is 1. The molecule has 0 bridgehead atoms. The number of hydrogen-bond donors (Lipinski definition) is 4. The Kier molecular flexibility index (Phi) is 9.34. The van der Waals surface area contributed by atoms with Crippen molar-refractivity contribution in [3.8, 4) is 6.07 Å². The highest BCUT2D eigenvalue weighted by atomic mass is 35.5. The number of anilines is 3. The van der Waals surface area contributed by atoms with Gasteiger partial charge in [-0.3, -0.25) is 9.99 Å². The van der Waals surface area contributed by atoms with Gasteiger partial charge in [-0.25, -0.2) is 9.18 Å². The molecule has 4 heterocycles. The number of carbonyl (C=O) groups excluding carboxylic acids is 1. The lowest BCUT2D eigenvalue weighted by Gasteiger charge is -2.36. The van der Waals surface area contributed by atoms with Crippen molar-refractivity contribution in [2.24, 2.45) is 0 Å². The van der Waals surface area contributed by atoms with Crippen LogP contribution in [0.5, 0.6) is 0 Å². The summed E-state index contributed by atoms with van der Waals surface area (Å²) in [6.07, 6.45) is 4.77. The first kappa shape index (κ1) is 32.7. The summed E-state index contributed by atoms with van der Waals surface area (Å²) in [5, 5.41) is 21.8. The van der Waals surface area contributed by atoms with E-state index in [1.165, 1.54) is 18.3 Å². The Hall–Kier alpha value is -4.28. The Morgan fingerprint density at radius 2 is 1.94 bits per heavy atom. The SMILES string of the molecule is CC(C)(C)OC(=O)N1CCC(N2C=C([C@@H](Nc3cc(Cl)c4ncc(C#N)c(Nc5ccc(F)c(Cl)c5)c4c3)c3cccs3)NN2)CC1. The zero-order valence-corrected chi connectivity index (χ0v) is 28.2. The first-order valence-corrected chi connectivity index (χ1v) is 16.7. The lowest BCUT2D eigenvalue weighted by molar-refractivity contribution is 0.0144. The van der Waals surface area contributed by atoms with Gasteiger partial charge in [0.05, 0.1) is 32.5 Å². The summed E-state index contributed by atoms with van der Waals surface area (Å²) in [5.74, 6) is -0.541. The molecule has 2 aliphatic rings. The standard InChI is InChI=1S/C33H33Cl2FN8O2S/c1-33(2,3)46-32(45)43-10-8-22(9-11-43)44-18-27(41-42-44)31(28-5-4-12-47-28)40-21-13-23-29(39-20-6-7-26(36)24(34)14-20)19(16-37)17-38-30(23)25(35)15-21/h4-7,12-15,17-18,22,31,40-42H,8-11H2,1-3H3,(H,38,39)/t31-/m1/s1. The Labute approximate surface area is 286 Å². The topological polar surface area (TPSA) is 118 Å². The van der Waals surface area contributed by atoms with Crippen LogP contribution in [0.1, 0.15) is 50.1 Å². The summed E-state index contributed by atoms with van der Waals surface area (Å²) in [6.45, 7) is 6.81. The number of fused-ring (bicyclic) bond motifs is 1. The number of thiophene rings is 1. The third kappa shape index (κ3) is 7.34. The minimum Gasteiger partial charge on any atom is -0.444 e. The molecule has 6 rings (SSSR count). The van der Waals surface area contributed by atoms with Gasteiger partial charge in [0.2, 0.25) is 0 Å². The van der Waals surface area contributed by atoms with Crippen molar-refractivity contribution in [1.82, 2.24) is 25.9 Å². The van der Waals surface area contributed by atoms with E-state index in [-0.39, 0.29) is 23.2 Å². The molecule has 14 heteroatoms. The maximum Gasteiger partial charge on any atom is 0.410 e. The highest BCUT2D eigenvalue weighted by Gasteiger charge is 2.32. The van der Waals surface area contributed by atoms with E-state index in [1.54, 1.807) is 28.4 Å². The molecule has 4 aromatic rings. The smallest absolute Gasteiger partial charge is 0.410 e. The second kappa shape index (κ2) is 13.4. The number of hydrazine groups is 2. The van der Waals surface area contributed by atoms with Gasteiger partial charge in [-0.1, -0.05) is 29.3 Å². The number of ether oxygens (including phenoxy) is 1. The van der Waals surface area contributed by atoms with E-state index in [9.17, 15) is 14.4 Å². The van der Waals surface area contributed by atoms with E-state index in [0.29, 0.717) is 51.6 Å². The first-order valence-electron chi connectivity index (χ1n) is 15.0. The number of rotatable bonds is 7. The highest BCUT2D eigenvalue weighted by molar-refractivity contribution is 7.10. The van der Waals surface area contributed by atoms with Crippen LogP contribution in [0.4, 0.5) is 26.2 Å². The molecule has 1 atom stereocenters. The molecule has 0 saturated carbocycles. The molecule has 47 heavy (non-hydrogen) atoms. The average molecular weight is 696 g/mol. The maximum atomic E-state index is 13.8. The first-order chi connectivity index (χ1) is 22.5. The van der Waals surface area contributed by atoms with E-state index in [1.807, 2.05) is 38.3 Å². The lowest BCUT2D eigenvalue weighted by atomic mass is 10.0. The van der Waals surface area contributed by atoms with Gasteiger partial charge in [0.1, 0.15) is 23.5 Å². The van der Waals surface area contributed by atoms with Crippen LogP contribution in [-0.4, -0.2) is 45.7 Å². The molecule has 2 aromatic heterocycles. The minimum absolute atomic E-state index is 0.0420. The number of benzene rings is 2. The Balaban J connectivity index is 1.26. The summed E-state index contributed by atoms with van der Waals surface area (Å²) in [6, 6.07) is 14.1. The van der Waals surface area contributed by atoms with E-state index < -0.39 is 11.4 Å². The molecule has 0 radical (unpaired) electrons. The molecular formula is C33H33Cl2FN8O2S. The van der Waals surface area contributed by atoms with Crippen LogP contribution >= 0.6 is 34.5 Å². The molecule has 244 valence electrons. The van der Waals surface area contributed by atoms with E-state index in [4.69, 9.17) is 27.9 Å². The van der Waals surface area contributed by atoms with Crippen molar-refractivity contribution >= 4 is 68.6 Å². The van der Waals surface area contributed by atoms with Crippen LogP contribution in [0.25, 0.3) is 10.9 Å². The van der Waals surface area contributed by atoms with Gasteiger partial charge < -0.3 is 25.7 Å². The largest absolute Gasteiger partial charge is 0.444 e. The van der Waals surface area contributed by atoms with Gasteiger partial charge in [-0.2, -0.15) is 5.26 Å². The molecule has 2 aromatic carbocycles. The number of halogens is 3. The van der Waals surface area contributed by atoms with E-state index in [2.05, 4.69) is 49.9 Å². The predicted molar refractivity (Wildman–Crippen MR) is 184 cm³/mol. The van der Waals surface area contributed by atoms with Crippen molar-refractivity contribution in [1.29, 1.82) is 5.26 Å². The molecular weight excluding hydrogens is 662 g/mol. The Morgan fingerprint density at radius 1 is 1.17 bits per heavy atom. The summed E-state index contributed by atoms with van der Waals surface area (Å²) >= 11 is 14.4. The third-order valence-electron chi connectivity index (χ3n) is 7.80. The number of piperidine rings is 1. The maximum absolute atomic E-state index is 13.8. The predicted octanol–water partition coefficient (Wildman–Crippen LogP) is 8.08. The lowest BCUT2D eigenvalue weighted by Crippen LogP contribution is -2.50. The number of pyridine rings is 1. The zero-order valence-electron chi connectivity index (χ0n) is 25.9. The number of likely N-dealkylation sites (tertiary alicyclic amines) is 1. The number of nitrogens with one attached hydrogen (secondary N) is 4. The van der Waals surface area contributed by atoms with Crippen molar-refractivity contribution in [3.05, 3.63) is 92.2 Å². The van der Waals surface area contributed by atoms with Crippen molar-refractivity contribution in [2.75, 3.05) is 23.7 Å². The van der Waals surface area contributed by atoms with Crippen molar-refractivity contribution in [2.45, 2.75) is 51.3 Å². The van der Waals surface area contributed by atoms with Crippen LogP contribution in [0.2, 0.25) is 10.0 Å². The van der Waals surface area contributed by atoms with Gasteiger partial charge >= 0.3 is 6.09 Å². The molecule has 1 fully saturated rings. The van der Waals surface area contributed by atoms with E-state index >= 15 is 0 Å². The number of nitriles is 1. The summed E-state index contributed by atoms with van der Waals surface area (Å²) in [4.78, 5) is 19.8. The second-order valence-corrected chi connectivity index (χ2v) is 14.1. The highest BCUT2D eigenvalue weighted by Crippen LogP contribution is 2.38. The van der Waals surface area contributed by atoms with E-state index in [0.717, 1.165) is 23.4 Å². The van der Waals surface area contributed by atoms with Crippen LogP contribution in [0.15, 0.2) is 65.9 Å². The second-order valence-electron chi connectivity index (χ2n) is 12.3. The van der Waals surface area contributed by atoms with Crippen LogP contribution in [0, 0.1) is 17.1 Å². The van der Waals surface area contributed by atoms with Crippen LogP contribution < -0.4 is 21.6 Å². The minimum atomic E-state index is -0.541. The fourth-order valence-corrected chi connectivity index (χ4v) is 6.79. The molecule has 0 aliphatic carbocycles. The van der Waals surface area contributed by atoms with Gasteiger partial charge in [-0.15, -0.1) is 16.9 Å². The molecule has 1 saturated heterocycles. The fourth-order valence-electron chi connectivity index (χ4n) is 5.54. The zero-order chi connectivity index (χ0) is 33.3. The summed E-state index contributed by atoms with van der Waals surface area (Å²) in [5.41, 5.74) is 9.46. The van der Waals surface area contributed by atoms with Gasteiger partial charge in [0.15, 0.2) is 0 Å². The molecule has 2 aliphatic heterocycles. The van der Waals surface area contributed by atoms with Crippen molar-refractivity contribution < 1.29 is 13.9 Å². The summed E-state index contributed by atoms with van der Waals surface area (Å²) in [7, 11) is 0. The van der Waals surface area contributed by atoms with Gasteiger partial charge in [-0.05, 0) is 75.4 Å². The average Bonchev–Trinajstić information content (AvgIpc) is 3.75. The molecule has 4 N–H and O–H groups in total. The fraction of sp³-hybridized carbons (Fsp3) is 0.303. The normalized spacial score (nSPS) is 16.0. The summed E-state index contributed by atoms with van der Waals surface area (Å²) < 4.78 is 19.4. The van der Waals surface area contributed by atoms with Crippen LogP contribution in [-0.2, 0) is 4.74 Å². The molecule has 0 spiro atoms. The monoisotopic (exact) mass is 694 g/mol. The number of amides is 1. The number of carbonyl (C=O) groups is 1. The van der Waals surface area contributed by atoms with Gasteiger partial charge in [0, 0.05) is 53.2 Å². The number of nitrogens with zero attached hydrogens (tertiary/aromatic N) is 4. The molecule has 10 nitrogen and oxygen atoms in total. The Morgan fingerprint density at radius 3 is 2.62 bits per heavy atom. The molecule has 1 amide bonds. The van der Waals surface area contributed by atoms with Crippen molar-refractivity contribution in [3.63, 3.8) is 0 Å². The number of hydrogen-bond acceptors (Lipinski definition) is 10. The third-order valence-corrected chi connectivity index (χ3v) is 9.32.